The molecular formula is C14H10ClIO2S. The van der Waals surface area contributed by atoms with Crippen molar-refractivity contribution in [1.29, 1.82) is 0 Å². The molecule has 0 heterocycles. The zero-order chi connectivity index (χ0) is 13.8. The lowest BCUT2D eigenvalue weighted by molar-refractivity contribution is -0.136. The van der Waals surface area contributed by atoms with Crippen LogP contribution in [-0.2, 0) is 11.2 Å². The summed E-state index contributed by atoms with van der Waals surface area (Å²) in [7, 11) is 0. The number of benzene rings is 2. The van der Waals surface area contributed by atoms with Crippen molar-refractivity contribution in [2.45, 2.75) is 16.2 Å². The molecular weight excluding hydrogens is 395 g/mol. The summed E-state index contributed by atoms with van der Waals surface area (Å²) in [5.41, 5.74) is 0.643. The van der Waals surface area contributed by atoms with Gasteiger partial charge in [0.05, 0.1) is 6.42 Å². The van der Waals surface area contributed by atoms with E-state index in [1.54, 1.807) is 17.8 Å². The maximum atomic E-state index is 10.8. The number of carboxylic acids is 1. The van der Waals surface area contributed by atoms with Crippen LogP contribution in [0.5, 0.6) is 0 Å². The van der Waals surface area contributed by atoms with E-state index < -0.39 is 5.97 Å². The number of carbonyl (C=O) groups is 1. The first-order valence-electron chi connectivity index (χ1n) is 5.48. The zero-order valence-corrected chi connectivity index (χ0v) is 13.5. The molecule has 0 aliphatic rings. The molecule has 98 valence electrons. The van der Waals surface area contributed by atoms with Crippen LogP contribution in [-0.4, -0.2) is 11.1 Å². The Hall–Kier alpha value is -0.720. The molecule has 0 radical (unpaired) electrons. The van der Waals surface area contributed by atoms with Crippen LogP contribution in [0.3, 0.4) is 0 Å². The van der Waals surface area contributed by atoms with Crippen molar-refractivity contribution in [1.82, 2.24) is 0 Å². The van der Waals surface area contributed by atoms with Crippen LogP contribution >= 0.6 is 46.0 Å². The quantitative estimate of drug-likeness (QED) is 0.749. The second kappa shape index (κ2) is 6.63. The maximum absolute atomic E-state index is 10.8. The molecule has 0 aliphatic heterocycles. The summed E-state index contributed by atoms with van der Waals surface area (Å²) in [6, 6.07) is 13.6. The van der Waals surface area contributed by atoms with E-state index in [1.165, 1.54) is 3.57 Å². The fourth-order valence-electron chi connectivity index (χ4n) is 1.55. The second-order valence-corrected chi connectivity index (χ2v) is 6.68. The summed E-state index contributed by atoms with van der Waals surface area (Å²) in [6.07, 6.45) is -0.0556. The van der Waals surface area contributed by atoms with Crippen molar-refractivity contribution >= 4 is 51.9 Å². The topological polar surface area (TPSA) is 37.3 Å². The molecule has 0 amide bonds. The van der Waals surface area contributed by atoms with Crippen LogP contribution in [0, 0.1) is 3.57 Å². The highest BCUT2D eigenvalue weighted by molar-refractivity contribution is 14.1. The summed E-state index contributed by atoms with van der Waals surface area (Å²) in [4.78, 5) is 12.9. The Bertz CT molecular complexity index is 599. The van der Waals surface area contributed by atoms with Crippen LogP contribution in [0.15, 0.2) is 52.3 Å². The van der Waals surface area contributed by atoms with Gasteiger partial charge in [-0.3, -0.25) is 4.79 Å². The highest BCUT2D eigenvalue weighted by atomic mass is 127. The van der Waals surface area contributed by atoms with E-state index in [1.807, 2.05) is 36.4 Å². The van der Waals surface area contributed by atoms with Gasteiger partial charge in [-0.25, -0.2) is 0 Å². The van der Waals surface area contributed by atoms with E-state index in [2.05, 4.69) is 22.6 Å². The third-order valence-corrected chi connectivity index (χ3v) is 4.49. The highest BCUT2D eigenvalue weighted by Crippen LogP contribution is 2.31. The molecule has 1 N–H and O–H groups in total. The third kappa shape index (κ3) is 4.40. The number of hydrogen-bond donors (Lipinski definition) is 1. The molecule has 0 unspecified atom stereocenters. The monoisotopic (exact) mass is 404 g/mol. The molecule has 0 saturated carbocycles. The van der Waals surface area contributed by atoms with E-state index in [0.29, 0.717) is 10.6 Å². The molecule has 0 fully saturated rings. The van der Waals surface area contributed by atoms with E-state index in [4.69, 9.17) is 16.7 Å². The lowest BCUT2D eigenvalue weighted by atomic mass is 10.1. The first-order valence-corrected chi connectivity index (χ1v) is 7.75. The van der Waals surface area contributed by atoms with Gasteiger partial charge < -0.3 is 5.11 Å². The molecule has 0 bridgehead atoms. The first kappa shape index (κ1) is 14.7. The summed E-state index contributed by atoms with van der Waals surface area (Å²) in [5, 5.41) is 9.33. The van der Waals surface area contributed by atoms with E-state index in [-0.39, 0.29) is 6.42 Å². The standard InChI is InChI=1S/C14H10ClIO2S/c15-13-6-5-12(7-9(13)8-14(17)18)19-11-3-1-10(16)2-4-11/h1-7H,8H2,(H,17,18). The van der Waals surface area contributed by atoms with E-state index >= 15 is 0 Å². The van der Waals surface area contributed by atoms with Crippen molar-refractivity contribution in [3.8, 4) is 0 Å². The van der Waals surface area contributed by atoms with Crippen LogP contribution < -0.4 is 0 Å². The van der Waals surface area contributed by atoms with E-state index in [9.17, 15) is 4.79 Å². The van der Waals surface area contributed by atoms with Gasteiger partial charge in [0.2, 0.25) is 0 Å². The Balaban J connectivity index is 2.21. The number of aliphatic carboxylic acids is 1. The van der Waals surface area contributed by atoms with Gasteiger partial charge in [-0.05, 0) is 70.6 Å². The fraction of sp³-hybridized carbons (Fsp3) is 0.0714. The average Bonchev–Trinajstić information content (AvgIpc) is 2.36. The van der Waals surface area contributed by atoms with E-state index in [0.717, 1.165) is 9.79 Å². The fourth-order valence-corrected chi connectivity index (χ4v) is 2.98. The number of halogens is 2. The van der Waals surface area contributed by atoms with Gasteiger partial charge in [-0.15, -0.1) is 0 Å². The average molecular weight is 405 g/mol. The lowest BCUT2D eigenvalue weighted by Crippen LogP contribution is -2.00. The van der Waals surface area contributed by atoms with Gasteiger partial charge in [-0.1, -0.05) is 23.4 Å². The Morgan fingerprint density at radius 2 is 1.79 bits per heavy atom. The number of carboxylic acid groups (broad SMARTS) is 1. The molecule has 2 aromatic rings. The number of rotatable bonds is 4. The minimum Gasteiger partial charge on any atom is -0.481 e. The zero-order valence-electron chi connectivity index (χ0n) is 9.77. The smallest absolute Gasteiger partial charge is 0.307 e. The third-order valence-electron chi connectivity index (χ3n) is 2.41. The maximum Gasteiger partial charge on any atom is 0.307 e. The van der Waals surface area contributed by atoms with Gasteiger partial charge >= 0.3 is 5.97 Å². The Labute approximate surface area is 134 Å². The minimum absolute atomic E-state index is 0.0556. The summed E-state index contributed by atoms with van der Waals surface area (Å²) >= 11 is 9.84. The van der Waals surface area contributed by atoms with Crippen molar-refractivity contribution in [2.24, 2.45) is 0 Å². The van der Waals surface area contributed by atoms with Crippen LogP contribution in [0.2, 0.25) is 5.02 Å². The molecule has 0 aromatic heterocycles. The molecule has 0 spiro atoms. The van der Waals surface area contributed by atoms with Gasteiger partial charge in [0, 0.05) is 18.4 Å². The normalized spacial score (nSPS) is 10.4. The molecule has 0 aliphatic carbocycles. The second-order valence-electron chi connectivity index (χ2n) is 3.88. The molecule has 0 saturated heterocycles. The molecule has 2 nitrogen and oxygen atoms in total. The predicted octanol–water partition coefficient (Wildman–Crippen LogP) is 4.72. The van der Waals surface area contributed by atoms with Gasteiger partial charge in [0.25, 0.3) is 0 Å². The Morgan fingerprint density at radius 3 is 2.42 bits per heavy atom. The van der Waals surface area contributed by atoms with Gasteiger partial charge in [0.15, 0.2) is 0 Å². The molecule has 5 heteroatoms. The van der Waals surface area contributed by atoms with Gasteiger partial charge in [-0.2, -0.15) is 0 Å². The molecule has 2 aromatic carbocycles. The highest BCUT2D eigenvalue weighted by Gasteiger charge is 2.07. The SMILES string of the molecule is O=C(O)Cc1cc(Sc2ccc(I)cc2)ccc1Cl. The van der Waals surface area contributed by atoms with Crippen LogP contribution in [0.1, 0.15) is 5.56 Å². The summed E-state index contributed by atoms with van der Waals surface area (Å²) < 4.78 is 1.18. The largest absolute Gasteiger partial charge is 0.481 e. The number of hydrogen-bond acceptors (Lipinski definition) is 2. The van der Waals surface area contributed by atoms with Crippen molar-refractivity contribution in [3.63, 3.8) is 0 Å². The van der Waals surface area contributed by atoms with Gasteiger partial charge in [0.1, 0.15) is 0 Å². The lowest BCUT2D eigenvalue weighted by Gasteiger charge is -2.06. The van der Waals surface area contributed by atoms with Crippen molar-refractivity contribution in [3.05, 3.63) is 56.6 Å². The Morgan fingerprint density at radius 1 is 1.16 bits per heavy atom. The molecule has 0 atom stereocenters. The summed E-state index contributed by atoms with van der Waals surface area (Å²) in [5.74, 6) is -0.877. The minimum atomic E-state index is -0.877. The molecule has 2 rings (SSSR count). The first-order chi connectivity index (χ1) is 9.04. The summed E-state index contributed by atoms with van der Waals surface area (Å²) in [6.45, 7) is 0. The van der Waals surface area contributed by atoms with Crippen LogP contribution in [0.4, 0.5) is 0 Å². The van der Waals surface area contributed by atoms with Crippen molar-refractivity contribution < 1.29 is 9.90 Å². The molecule has 19 heavy (non-hydrogen) atoms. The van der Waals surface area contributed by atoms with Crippen LogP contribution in [0.25, 0.3) is 0 Å². The predicted molar refractivity (Wildman–Crippen MR) is 86.1 cm³/mol. The Kier molecular flexibility index (Phi) is 5.13. The van der Waals surface area contributed by atoms with Crippen molar-refractivity contribution in [2.75, 3.05) is 0 Å².